The number of halogens is 1. The third-order valence-electron chi connectivity index (χ3n) is 4.76. The lowest BCUT2D eigenvalue weighted by molar-refractivity contribution is 0.590. The van der Waals surface area contributed by atoms with Gasteiger partial charge in [-0.15, -0.1) is 0 Å². The smallest absolute Gasteiger partial charge is 0.207 e. The van der Waals surface area contributed by atoms with E-state index in [9.17, 15) is 0 Å². The SMILES string of the molecule is Cc1cccc(Cl)c1Nc1nc2c(Nc3ccc(C(C)(C)C)cc3)ncnc2[nH]1. The minimum Gasteiger partial charge on any atom is -0.338 e. The van der Waals surface area contributed by atoms with Crippen LogP contribution in [0, 0.1) is 6.92 Å². The number of nitrogens with zero attached hydrogens (tertiary/aromatic N) is 3. The topological polar surface area (TPSA) is 78.5 Å². The van der Waals surface area contributed by atoms with Gasteiger partial charge in [-0.25, -0.2) is 15.0 Å². The van der Waals surface area contributed by atoms with Crippen molar-refractivity contribution < 1.29 is 0 Å². The van der Waals surface area contributed by atoms with Crippen LogP contribution < -0.4 is 10.6 Å². The molecule has 7 heteroatoms. The van der Waals surface area contributed by atoms with Crippen molar-refractivity contribution in [1.29, 1.82) is 0 Å². The van der Waals surface area contributed by atoms with Crippen LogP contribution in [0.1, 0.15) is 31.9 Å². The Hall–Kier alpha value is -3.12. The van der Waals surface area contributed by atoms with Crippen LogP contribution in [0.15, 0.2) is 48.8 Å². The lowest BCUT2D eigenvalue weighted by Crippen LogP contribution is -2.10. The summed E-state index contributed by atoms with van der Waals surface area (Å²) in [4.78, 5) is 16.5. The summed E-state index contributed by atoms with van der Waals surface area (Å²) >= 11 is 6.32. The molecule has 4 rings (SSSR count). The highest BCUT2D eigenvalue weighted by Gasteiger charge is 2.14. The Kier molecular flexibility index (Phi) is 4.88. The molecule has 0 aliphatic heterocycles. The summed E-state index contributed by atoms with van der Waals surface area (Å²) in [6, 6.07) is 14.1. The molecule has 2 aromatic heterocycles. The van der Waals surface area contributed by atoms with Gasteiger partial charge in [-0.3, -0.25) is 0 Å². The summed E-state index contributed by atoms with van der Waals surface area (Å²) in [5.74, 6) is 1.20. The number of aryl methyl sites for hydroxylation is 1. The second kappa shape index (κ2) is 7.37. The number of hydrogen-bond donors (Lipinski definition) is 3. The second-order valence-corrected chi connectivity index (χ2v) is 8.42. The third-order valence-corrected chi connectivity index (χ3v) is 5.08. The molecule has 0 saturated heterocycles. The van der Waals surface area contributed by atoms with Crippen LogP contribution in [0.5, 0.6) is 0 Å². The normalized spacial score (nSPS) is 11.6. The molecule has 0 bridgehead atoms. The van der Waals surface area contributed by atoms with Crippen LogP contribution >= 0.6 is 11.6 Å². The standard InChI is InChI=1S/C22H23ClN6/c1-13-6-5-7-16(23)17(13)27-21-28-18-19(24-12-25-20(18)29-21)26-15-10-8-14(9-11-15)22(2,3)4/h5-12H,1-4H3,(H3,24,25,26,27,28,29). The maximum absolute atomic E-state index is 6.32. The van der Waals surface area contributed by atoms with Gasteiger partial charge in [-0.2, -0.15) is 0 Å². The van der Waals surface area contributed by atoms with Crippen LogP contribution in [-0.2, 0) is 5.41 Å². The quantitative estimate of drug-likeness (QED) is 0.381. The van der Waals surface area contributed by atoms with Crippen molar-refractivity contribution in [3.05, 3.63) is 64.9 Å². The zero-order valence-corrected chi connectivity index (χ0v) is 17.6. The van der Waals surface area contributed by atoms with Crippen molar-refractivity contribution in [1.82, 2.24) is 19.9 Å². The highest BCUT2D eigenvalue weighted by atomic mass is 35.5. The number of fused-ring (bicyclic) bond motifs is 1. The van der Waals surface area contributed by atoms with Crippen LogP contribution in [0.4, 0.5) is 23.1 Å². The summed E-state index contributed by atoms with van der Waals surface area (Å²) < 4.78 is 0. The van der Waals surface area contributed by atoms with E-state index in [1.54, 1.807) is 0 Å². The number of H-pyrrole nitrogens is 1. The third kappa shape index (κ3) is 4.03. The fraction of sp³-hybridized carbons (Fsp3) is 0.227. The first kappa shape index (κ1) is 19.2. The number of hydrogen-bond acceptors (Lipinski definition) is 5. The Balaban J connectivity index is 1.63. The summed E-state index contributed by atoms with van der Waals surface area (Å²) in [6.07, 6.45) is 1.51. The van der Waals surface area contributed by atoms with Crippen molar-refractivity contribution in [3.63, 3.8) is 0 Å². The maximum Gasteiger partial charge on any atom is 0.207 e. The number of benzene rings is 2. The highest BCUT2D eigenvalue weighted by Crippen LogP contribution is 2.30. The molecule has 148 valence electrons. The average Bonchev–Trinajstić information content (AvgIpc) is 3.08. The van der Waals surface area contributed by atoms with E-state index in [0.29, 0.717) is 28.0 Å². The lowest BCUT2D eigenvalue weighted by Gasteiger charge is -2.19. The van der Waals surface area contributed by atoms with Gasteiger partial charge in [-0.1, -0.05) is 56.6 Å². The molecule has 0 amide bonds. The van der Waals surface area contributed by atoms with Gasteiger partial charge in [0.25, 0.3) is 0 Å². The molecule has 0 radical (unpaired) electrons. The largest absolute Gasteiger partial charge is 0.338 e. The monoisotopic (exact) mass is 406 g/mol. The lowest BCUT2D eigenvalue weighted by atomic mass is 9.87. The molecule has 0 atom stereocenters. The Morgan fingerprint density at radius 1 is 0.966 bits per heavy atom. The average molecular weight is 407 g/mol. The zero-order chi connectivity index (χ0) is 20.6. The minimum atomic E-state index is 0.111. The van der Waals surface area contributed by atoms with E-state index in [2.05, 4.69) is 63.5 Å². The Labute approximate surface area is 174 Å². The molecule has 0 saturated carbocycles. The van der Waals surface area contributed by atoms with Crippen molar-refractivity contribution in [2.75, 3.05) is 10.6 Å². The summed E-state index contributed by atoms with van der Waals surface area (Å²) in [6.45, 7) is 8.58. The molecular weight excluding hydrogens is 384 g/mol. The van der Waals surface area contributed by atoms with Crippen molar-refractivity contribution >= 4 is 45.9 Å². The van der Waals surface area contributed by atoms with Gasteiger partial charge in [0.2, 0.25) is 5.95 Å². The van der Waals surface area contributed by atoms with Gasteiger partial charge < -0.3 is 15.6 Å². The summed E-state index contributed by atoms with van der Waals surface area (Å²) in [5, 5.41) is 7.22. The number of rotatable bonds is 4. The van der Waals surface area contributed by atoms with Gasteiger partial charge in [0.1, 0.15) is 6.33 Å². The molecule has 0 aliphatic rings. The van der Waals surface area contributed by atoms with E-state index in [0.717, 1.165) is 16.9 Å². The molecular formula is C22H23ClN6. The van der Waals surface area contributed by atoms with Crippen molar-refractivity contribution in [3.8, 4) is 0 Å². The first-order valence-electron chi connectivity index (χ1n) is 9.42. The molecule has 0 spiro atoms. The van der Waals surface area contributed by atoms with Crippen LogP contribution in [-0.4, -0.2) is 19.9 Å². The molecule has 0 unspecified atom stereocenters. The van der Waals surface area contributed by atoms with Crippen LogP contribution in [0.3, 0.4) is 0 Å². The first-order valence-corrected chi connectivity index (χ1v) is 9.79. The fourth-order valence-electron chi connectivity index (χ4n) is 3.08. The Bertz CT molecular complexity index is 1140. The van der Waals surface area contributed by atoms with E-state index in [4.69, 9.17) is 11.6 Å². The molecule has 29 heavy (non-hydrogen) atoms. The molecule has 2 heterocycles. The van der Waals surface area contributed by atoms with E-state index in [1.165, 1.54) is 11.9 Å². The maximum atomic E-state index is 6.32. The van der Waals surface area contributed by atoms with Crippen LogP contribution in [0.2, 0.25) is 5.02 Å². The second-order valence-electron chi connectivity index (χ2n) is 8.01. The molecule has 4 aromatic rings. The Morgan fingerprint density at radius 3 is 2.41 bits per heavy atom. The number of aromatic nitrogens is 4. The van der Waals surface area contributed by atoms with Gasteiger partial charge >= 0.3 is 0 Å². The molecule has 0 fully saturated rings. The fourth-order valence-corrected chi connectivity index (χ4v) is 3.35. The predicted molar refractivity (Wildman–Crippen MR) is 120 cm³/mol. The minimum absolute atomic E-state index is 0.111. The number of nitrogens with one attached hydrogen (secondary N) is 3. The Morgan fingerprint density at radius 2 is 1.72 bits per heavy atom. The number of anilines is 4. The molecule has 6 nitrogen and oxygen atoms in total. The van der Waals surface area contributed by atoms with Gasteiger partial charge in [0.05, 0.1) is 10.7 Å². The molecule has 2 aromatic carbocycles. The van der Waals surface area contributed by atoms with E-state index in [-0.39, 0.29) is 5.41 Å². The highest BCUT2D eigenvalue weighted by molar-refractivity contribution is 6.33. The van der Waals surface area contributed by atoms with E-state index in [1.807, 2.05) is 37.3 Å². The number of aromatic amines is 1. The summed E-state index contributed by atoms with van der Waals surface area (Å²) in [7, 11) is 0. The predicted octanol–water partition coefficient (Wildman–Crippen LogP) is 6.10. The first-order chi connectivity index (χ1) is 13.8. The van der Waals surface area contributed by atoms with Crippen molar-refractivity contribution in [2.45, 2.75) is 33.1 Å². The molecule has 0 aliphatic carbocycles. The van der Waals surface area contributed by atoms with E-state index >= 15 is 0 Å². The zero-order valence-electron chi connectivity index (χ0n) is 16.8. The number of para-hydroxylation sites is 1. The summed E-state index contributed by atoms with van der Waals surface area (Å²) in [5.41, 5.74) is 5.46. The van der Waals surface area contributed by atoms with Gasteiger partial charge in [-0.05, 0) is 41.7 Å². The van der Waals surface area contributed by atoms with Gasteiger partial charge in [0.15, 0.2) is 17.0 Å². The van der Waals surface area contributed by atoms with Gasteiger partial charge in [0, 0.05) is 5.69 Å². The van der Waals surface area contributed by atoms with Crippen molar-refractivity contribution in [2.24, 2.45) is 0 Å². The van der Waals surface area contributed by atoms with E-state index < -0.39 is 0 Å². The van der Waals surface area contributed by atoms with Crippen LogP contribution in [0.25, 0.3) is 11.2 Å². The molecule has 3 N–H and O–H groups in total. The number of imidazole rings is 1.